The van der Waals surface area contributed by atoms with Crippen LogP contribution in [0.2, 0.25) is 0 Å². The minimum Gasteiger partial charge on any atom is -0.329 e. The molecular formula is C10H15N3O3S. The lowest BCUT2D eigenvalue weighted by Crippen LogP contribution is -2.22. The van der Waals surface area contributed by atoms with Crippen molar-refractivity contribution < 1.29 is 13.2 Å². The predicted octanol–water partition coefficient (Wildman–Crippen LogP) is 0.345. The van der Waals surface area contributed by atoms with Gasteiger partial charge in [0, 0.05) is 24.8 Å². The molecule has 0 fully saturated rings. The third-order valence-corrected chi connectivity index (χ3v) is 3.19. The minimum atomic E-state index is -3.38. The summed E-state index contributed by atoms with van der Waals surface area (Å²) in [6.07, 6.45) is 0. The lowest BCUT2D eigenvalue weighted by molar-refractivity contribution is -0.114. The van der Waals surface area contributed by atoms with Crippen LogP contribution < -0.4 is 15.8 Å². The SMILES string of the molecule is CC(=O)Nc1ccc(NS(=O)(=O)CCN)cc1. The van der Waals surface area contributed by atoms with E-state index in [0.29, 0.717) is 11.4 Å². The first-order valence-corrected chi connectivity index (χ1v) is 6.66. The van der Waals surface area contributed by atoms with Gasteiger partial charge in [0.15, 0.2) is 0 Å². The van der Waals surface area contributed by atoms with E-state index in [2.05, 4.69) is 10.0 Å². The molecule has 0 unspecified atom stereocenters. The van der Waals surface area contributed by atoms with E-state index >= 15 is 0 Å². The van der Waals surface area contributed by atoms with E-state index in [1.807, 2.05) is 0 Å². The Hall–Kier alpha value is -1.60. The number of hydrogen-bond acceptors (Lipinski definition) is 4. The quantitative estimate of drug-likeness (QED) is 0.708. The molecule has 0 aromatic heterocycles. The average Bonchev–Trinajstić information content (AvgIpc) is 2.19. The molecule has 4 N–H and O–H groups in total. The van der Waals surface area contributed by atoms with Gasteiger partial charge >= 0.3 is 0 Å². The lowest BCUT2D eigenvalue weighted by Gasteiger charge is -2.08. The molecule has 0 aliphatic carbocycles. The highest BCUT2D eigenvalue weighted by molar-refractivity contribution is 7.92. The van der Waals surface area contributed by atoms with Crippen LogP contribution in [0.1, 0.15) is 6.92 Å². The Labute approximate surface area is 100 Å². The number of anilines is 2. The third-order valence-electron chi connectivity index (χ3n) is 1.87. The number of sulfonamides is 1. The number of nitrogens with one attached hydrogen (secondary N) is 2. The molecule has 17 heavy (non-hydrogen) atoms. The summed E-state index contributed by atoms with van der Waals surface area (Å²) >= 11 is 0. The lowest BCUT2D eigenvalue weighted by atomic mass is 10.3. The molecule has 0 bridgehead atoms. The van der Waals surface area contributed by atoms with Crippen molar-refractivity contribution >= 4 is 27.3 Å². The maximum Gasteiger partial charge on any atom is 0.233 e. The number of rotatable bonds is 5. The van der Waals surface area contributed by atoms with Crippen molar-refractivity contribution in [3.8, 4) is 0 Å². The summed E-state index contributed by atoms with van der Waals surface area (Å²) in [7, 11) is -3.38. The molecule has 0 radical (unpaired) electrons. The summed E-state index contributed by atoms with van der Waals surface area (Å²) in [5, 5.41) is 2.58. The van der Waals surface area contributed by atoms with Gasteiger partial charge in [0.25, 0.3) is 0 Å². The highest BCUT2D eigenvalue weighted by Crippen LogP contribution is 2.14. The van der Waals surface area contributed by atoms with Gasteiger partial charge in [-0.15, -0.1) is 0 Å². The highest BCUT2D eigenvalue weighted by Gasteiger charge is 2.08. The van der Waals surface area contributed by atoms with Gasteiger partial charge in [-0.1, -0.05) is 0 Å². The predicted molar refractivity (Wildman–Crippen MR) is 67.2 cm³/mol. The van der Waals surface area contributed by atoms with Gasteiger partial charge in [0.05, 0.1) is 5.75 Å². The average molecular weight is 257 g/mol. The van der Waals surface area contributed by atoms with Crippen molar-refractivity contribution in [2.45, 2.75) is 6.92 Å². The zero-order chi connectivity index (χ0) is 12.9. The molecule has 0 saturated carbocycles. The fraction of sp³-hybridized carbons (Fsp3) is 0.300. The first-order valence-electron chi connectivity index (χ1n) is 5.01. The van der Waals surface area contributed by atoms with Crippen molar-refractivity contribution in [3.63, 3.8) is 0 Å². The Morgan fingerprint density at radius 3 is 2.24 bits per heavy atom. The number of amides is 1. The number of hydrogen-bond donors (Lipinski definition) is 3. The van der Waals surface area contributed by atoms with Crippen LogP contribution in [0.5, 0.6) is 0 Å². The Morgan fingerprint density at radius 2 is 1.76 bits per heavy atom. The molecule has 0 spiro atoms. The number of nitrogens with two attached hydrogens (primary N) is 1. The Bertz CT molecular complexity index is 482. The minimum absolute atomic E-state index is 0.0688. The van der Waals surface area contributed by atoms with Crippen molar-refractivity contribution in [3.05, 3.63) is 24.3 Å². The van der Waals surface area contributed by atoms with E-state index in [-0.39, 0.29) is 18.2 Å². The smallest absolute Gasteiger partial charge is 0.233 e. The fourth-order valence-corrected chi connectivity index (χ4v) is 2.12. The number of benzene rings is 1. The molecule has 1 aromatic rings. The maximum atomic E-state index is 11.4. The van der Waals surface area contributed by atoms with Crippen LogP contribution in [-0.2, 0) is 14.8 Å². The molecule has 0 saturated heterocycles. The molecule has 94 valence electrons. The summed E-state index contributed by atoms with van der Waals surface area (Å²) < 4.78 is 25.2. The van der Waals surface area contributed by atoms with Crippen LogP contribution in [0.4, 0.5) is 11.4 Å². The summed E-state index contributed by atoms with van der Waals surface area (Å²) in [6, 6.07) is 6.36. The van der Waals surface area contributed by atoms with E-state index in [9.17, 15) is 13.2 Å². The Kier molecular flexibility index (Phi) is 4.47. The molecule has 1 amide bonds. The highest BCUT2D eigenvalue weighted by atomic mass is 32.2. The van der Waals surface area contributed by atoms with E-state index in [0.717, 1.165) is 0 Å². The van der Waals surface area contributed by atoms with Crippen molar-refractivity contribution in [2.75, 3.05) is 22.3 Å². The molecule has 0 aliphatic rings. The second kappa shape index (κ2) is 5.65. The van der Waals surface area contributed by atoms with Crippen LogP contribution >= 0.6 is 0 Å². The van der Waals surface area contributed by atoms with Crippen LogP contribution in [0, 0.1) is 0 Å². The van der Waals surface area contributed by atoms with Crippen molar-refractivity contribution in [1.29, 1.82) is 0 Å². The van der Waals surface area contributed by atoms with Crippen molar-refractivity contribution in [1.82, 2.24) is 0 Å². The summed E-state index contributed by atoms with van der Waals surface area (Å²) in [5.74, 6) is -0.304. The van der Waals surface area contributed by atoms with E-state index < -0.39 is 10.0 Å². The molecular weight excluding hydrogens is 242 g/mol. The molecule has 1 rings (SSSR count). The van der Waals surface area contributed by atoms with E-state index in [1.54, 1.807) is 24.3 Å². The van der Waals surface area contributed by atoms with Crippen LogP contribution in [-0.4, -0.2) is 26.6 Å². The normalized spacial score (nSPS) is 10.9. The second-order valence-corrected chi connectivity index (χ2v) is 5.31. The Morgan fingerprint density at radius 1 is 1.24 bits per heavy atom. The molecule has 7 heteroatoms. The zero-order valence-corrected chi connectivity index (χ0v) is 10.3. The van der Waals surface area contributed by atoms with Crippen LogP contribution in [0.25, 0.3) is 0 Å². The zero-order valence-electron chi connectivity index (χ0n) is 9.43. The maximum absolute atomic E-state index is 11.4. The standard InChI is InChI=1S/C10H15N3O3S/c1-8(14)12-9-2-4-10(5-3-9)13-17(15,16)7-6-11/h2-5,13H,6-7,11H2,1H3,(H,12,14). The van der Waals surface area contributed by atoms with E-state index in [4.69, 9.17) is 5.73 Å². The van der Waals surface area contributed by atoms with Gasteiger partial charge in [-0.2, -0.15) is 0 Å². The number of carbonyl (C=O) groups excluding carboxylic acids is 1. The van der Waals surface area contributed by atoms with Gasteiger partial charge in [-0.05, 0) is 24.3 Å². The van der Waals surface area contributed by atoms with Gasteiger partial charge in [0.2, 0.25) is 15.9 Å². The van der Waals surface area contributed by atoms with Gasteiger partial charge in [-0.25, -0.2) is 8.42 Å². The largest absolute Gasteiger partial charge is 0.329 e. The van der Waals surface area contributed by atoms with E-state index in [1.165, 1.54) is 6.92 Å². The molecule has 6 nitrogen and oxygen atoms in total. The van der Waals surface area contributed by atoms with Gasteiger partial charge < -0.3 is 11.1 Å². The third kappa shape index (κ3) is 4.83. The summed E-state index contributed by atoms with van der Waals surface area (Å²) in [6.45, 7) is 1.47. The van der Waals surface area contributed by atoms with Gasteiger partial charge in [-0.3, -0.25) is 9.52 Å². The first kappa shape index (κ1) is 13.5. The summed E-state index contributed by atoms with van der Waals surface area (Å²) in [4.78, 5) is 10.8. The fourth-order valence-electron chi connectivity index (χ4n) is 1.21. The summed E-state index contributed by atoms with van der Waals surface area (Å²) in [5.41, 5.74) is 6.23. The molecule has 1 aromatic carbocycles. The molecule has 0 aliphatic heterocycles. The topological polar surface area (TPSA) is 101 Å². The van der Waals surface area contributed by atoms with Crippen LogP contribution in [0.15, 0.2) is 24.3 Å². The molecule has 0 atom stereocenters. The number of carbonyl (C=O) groups is 1. The molecule has 0 heterocycles. The first-order chi connectivity index (χ1) is 7.93. The van der Waals surface area contributed by atoms with Crippen molar-refractivity contribution in [2.24, 2.45) is 5.73 Å². The second-order valence-electron chi connectivity index (χ2n) is 3.47. The van der Waals surface area contributed by atoms with Crippen LogP contribution in [0.3, 0.4) is 0 Å². The van der Waals surface area contributed by atoms with Gasteiger partial charge in [0.1, 0.15) is 0 Å². The Balaban J connectivity index is 2.72. The monoisotopic (exact) mass is 257 g/mol.